The van der Waals surface area contributed by atoms with Gasteiger partial charge in [0, 0.05) is 10.4 Å². The fraction of sp³-hybridized carbons (Fsp3) is 0.176. The number of hydrogen-bond donors (Lipinski definition) is 1. The standard InChI is InChI=1S/C17H15ClN4OS.ClH/c1-9-3-10-5-14(24-16(10)13(4-9)23-2)12-6-11(7-18)22-15(12)17(19)20-8-21-22;/h3-6,8H,7H2,1-2H3,(H2,19,20,21);1H. The van der Waals surface area contributed by atoms with Crippen LogP contribution >= 0.6 is 35.3 Å². The van der Waals surface area contributed by atoms with Gasteiger partial charge in [-0.3, -0.25) is 0 Å². The minimum atomic E-state index is 0. The van der Waals surface area contributed by atoms with E-state index in [0.717, 1.165) is 43.1 Å². The molecule has 1 aromatic carbocycles. The van der Waals surface area contributed by atoms with Crippen LogP contribution in [0.25, 0.3) is 26.0 Å². The largest absolute Gasteiger partial charge is 0.495 e. The number of nitrogens with two attached hydrogens (primary N) is 1. The Balaban J connectivity index is 0.00000182. The number of anilines is 1. The first kappa shape index (κ1) is 17.8. The summed E-state index contributed by atoms with van der Waals surface area (Å²) >= 11 is 7.73. The van der Waals surface area contributed by atoms with Crippen LogP contribution in [0.2, 0.25) is 0 Å². The van der Waals surface area contributed by atoms with Crippen LogP contribution < -0.4 is 10.5 Å². The summed E-state index contributed by atoms with van der Waals surface area (Å²) in [4.78, 5) is 5.21. The van der Waals surface area contributed by atoms with E-state index >= 15 is 0 Å². The summed E-state index contributed by atoms with van der Waals surface area (Å²) in [5.41, 5.74) is 9.93. The van der Waals surface area contributed by atoms with E-state index in [0.29, 0.717) is 11.7 Å². The number of thiophene rings is 1. The van der Waals surface area contributed by atoms with Crippen LogP contribution in [-0.4, -0.2) is 21.7 Å². The molecule has 5 nitrogen and oxygen atoms in total. The van der Waals surface area contributed by atoms with Gasteiger partial charge in [-0.1, -0.05) is 6.07 Å². The molecule has 0 spiro atoms. The predicted molar refractivity (Wildman–Crippen MR) is 106 cm³/mol. The summed E-state index contributed by atoms with van der Waals surface area (Å²) < 4.78 is 8.40. The second kappa shape index (κ2) is 6.71. The van der Waals surface area contributed by atoms with Crippen molar-refractivity contribution < 1.29 is 4.74 Å². The van der Waals surface area contributed by atoms with Crippen molar-refractivity contribution in [2.24, 2.45) is 0 Å². The van der Waals surface area contributed by atoms with Gasteiger partial charge in [0.25, 0.3) is 0 Å². The number of rotatable bonds is 3. The molecule has 0 atom stereocenters. The van der Waals surface area contributed by atoms with Crippen molar-refractivity contribution in [2.75, 3.05) is 12.8 Å². The maximum Gasteiger partial charge on any atom is 0.152 e. The first-order valence-electron chi connectivity index (χ1n) is 7.38. The minimum Gasteiger partial charge on any atom is -0.495 e. The van der Waals surface area contributed by atoms with Crippen molar-refractivity contribution in [1.29, 1.82) is 0 Å². The molecule has 0 unspecified atom stereocenters. The third-order valence-corrected chi connectivity index (χ3v) is 5.48. The highest BCUT2D eigenvalue weighted by Gasteiger charge is 2.17. The maximum atomic E-state index is 6.10. The molecule has 0 saturated carbocycles. The van der Waals surface area contributed by atoms with Crippen LogP contribution in [0.1, 0.15) is 11.3 Å². The van der Waals surface area contributed by atoms with E-state index in [9.17, 15) is 0 Å². The summed E-state index contributed by atoms with van der Waals surface area (Å²) in [5.74, 6) is 1.67. The molecule has 0 amide bonds. The Kier molecular flexibility index (Phi) is 4.77. The van der Waals surface area contributed by atoms with Crippen molar-refractivity contribution in [3.63, 3.8) is 0 Å². The van der Waals surface area contributed by atoms with Gasteiger partial charge in [0.15, 0.2) is 5.82 Å². The molecule has 25 heavy (non-hydrogen) atoms. The summed E-state index contributed by atoms with van der Waals surface area (Å²) in [7, 11) is 1.69. The van der Waals surface area contributed by atoms with Gasteiger partial charge in [-0.25, -0.2) is 9.50 Å². The molecule has 0 bridgehead atoms. The van der Waals surface area contributed by atoms with E-state index in [-0.39, 0.29) is 12.4 Å². The molecular formula is C17H16Cl2N4OS. The van der Waals surface area contributed by atoms with Crippen molar-refractivity contribution in [3.05, 3.63) is 41.9 Å². The van der Waals surface area contributed by atoms with Crippen LogP contribution in [0.3, 0.4) is 0 Å². The number of methoxy groups -OCH3 is 1. The number of fused-ring (bicyclic) bond motifs is 2. The lowest BCUT2D eigenvalue weighted by Crippen LogP contribution is -2.01. The van der Waals surface area contributed by atoms with Crippen LogP contribution in [0.4, 0.5) is 5.82 Å². The molecule has 8 heteroatoms. The third-order valence-electron chi connectivity index (χ3n) is 4.01. The SMILES string of the molecule is COc1cc(C)cc2cc(-c3cc(CCl)n4ncnc(N)c34)sc12.Cl. The third kappa shape index (κ3) is 2.80. The van der Waals surface area contributed by atoms with Gasteiger partial charge in [-0.15, -0.1) is 35.3 Å². The lowest BCUT2D eigenvalue weighted by Gasteiger charge is -2.02. The van der Waals surface area contributed by atoms with Gasteiger partial charge in [0.05, 0.1) is 23.4 Å². The van der Waals surface area contributed by atoms with Gasteiger partial charge < -0.3 is 10.5 Å². The zero-order valence-corrected chi connectivity index (χ0v) is 16.0. The summed E-state index contributed by atoms with van der Waals surface area (Å²) in [5, 5.41) is 5.43. The number of aromatic nitrogens is 3. The molecule has 2 N–H and O–H groups in total. The average molecular weight is 395 g/mol. The van der Waals surface area contributed by atoms with Gasteiger partial charge in [0.2, 0.25) is 0 Å². The lowest BCUT2D eigenvalue weighted by molar-refractivity contribution is 0.420. The Labute approximate surface area is 159 Å². The molecule has 3 heterocycles. The highest BCUT2D eigenvalue weighted by atomic mass is 35.5. The van der Waals surface area contributed by atoms with E-state index in [1.165, 1.54) is 6.33 Å². The molecular weight excluding hydrogens is 379 g/mol. The Morgan fingerprint density at radius 2 is 2.08 bits per heavy atom. The van der Waals surface area contributed by atoms with E-state index in [2.05, 4.69) is 29.1 Å². The first-order chi connectivity index (χ1) is 11.6. The number of benzene rings is 1. The molecule has 3 aromatic heterocycles. The van der Waals surface area contributed by atoms with Crippen LogP contribution in [0, 0.1) is 6.92 Å². The molecule has 0 fully saturated rings. The highest BCUT2D eigenvalue weighted by Crippen LogP contribution is 2.42. The molecule has 130 valence electrons. The minimum absolute atomic E-state index is 0. The van der Waals surface area contributed by atoms with Gasteiger partial charge in [-0.2, -0.15) is 5.10 Å². The van der Waals surface area contributed by atoms with Gasteiger partial charge >= 0.3 is 0 Å². The quantitative estimate of drug-likeness (QED) is 0.512. The normalized spacial score (nSPS) is 11.0. The molecule has 4 aromatic rings. The molecule has 0 radical (unpaired) electrons. The Hall–Kier alpha value is -2.02. The monoisotopic (exact) mass is 394 g/mol. The zero-order chi connectivity index (χ0) is 16.8. The van der Waals surface area contributed by atoms with Gasteiger partial charge in [-0.05, 0) is 36.1 Å². The van der Waals surface area contributed by atoms with E-state index in [1.54, 1.807) is 23.0 Å². The average Bonchev–Trinajstić information content (AvgIpc) is 3.15. The van der Waals surface area contributed by atoms with Crippen molar-refractivity contribution >= 4 is 56.8 Å². The number of nitrogen functional groups attached to an aromatic ring is 1. The number of ether oxygens (including phenoxy) is 1. The second-order valence-corrected chi connectivity index (χ2v) is 6.90. The Bertz CT molecular complexity index is 1070. The lowest BCUT2D eigenvalue weighted by atomic mass is 10.1. The van der Waals surface area contributed by atoms with Crippen molar-refractivity contribution in [2.45, 2.75) is 12.8 Å². The predicted octanol–water partition coefficient (Wildman–Crippen LogP) is 4.67. The van der Waals surface area contributed by atoms with Crippen LogP contribution in [-0.2, 0) is 5.88 Å². The molecule has 0 saturated heterocycles. The molecule has 0 aliphatic rings. The topological polar surface area (TPSA) is 65.4 Å². The Morgan fingerprint density at radius 1 is 1.28 bits per heavy atom. The van der Waals surface area contributed by atoms with E-state index in [4.69, 9.17) is 22.1 Å². The summed E-state index contributed by atoms with van der Waals surface area (Å²) in [6.45, 7) is 2.06. The number of hydrogen-bond acceptors (Lipinski definition) is 5. The number of halogens is 2. The van der Waals surface area contributed by atoms with Crippen LogP contribution in [0.15, 0.2) is 30.6 Å². The molecule has 4 rings (SSSR count). The molecule has 0 aliphatic heterocycles. The second-order valence-electron chi connectivity index (χ2n) is 5.58. The first-order valence-corrected chi connectivity index (χ1v) is 8.73. The van der Waals surface area contributed by atoms with Crippen molar-refractivity contribution in [3.8, 4) is 16.2 Å². The zero-order valence-electron chi connectivity index (χ0n) is 13.6. The maximum absolute atomic E-state index is 6.10. The fourth-order valence-electron chi connectivity index (χ4n) is 2.96. The van der Waals surface area contributed by atoms with E-state index in [1.807, 2.05) is 12.1 Å². The smallest absolute Gasteiger partial charge is 0.152 e. The summed E-state index contributed by atoms with van der Waals surface area (Å²) in [6.07, 6.45) is 1.44. The summed E-state index contributed by atoms with van der Waals surface area (Å²) in [6, 6.07) is 8.37. The number of nitrogens with zero attached hydrogens (tertiary/aromatic N) is 3. The van der Waals surface area contributed by atoms with Crippen molar-refractivity contribution in [1.82, 2.24) is 14.6 Å². The fourth-order valence-corrected chi connectivity index (χ4v) is 4.30. The Morgan fingerprint density at radius 3 is 2.80 bits per heavy atom. The highest BCUT2D eigenvalue weighted by molar-refractivity contribution is 7.22. The molecule has 0 aliphatic carbocycles. The van der Waals surface area contributed by atoms with Gasteiger partial charge in [0.1, 0.15) is 17.6 Å². The number of alkyl halides is 1. The van der Waals surface area contributed by atoms with Crippen LogP contribution in [0.5, 0.6) is 5.75 Å². The van der Waals surface area contributed by atoms with E-state index < -0.39 is 0 Å². The number of aryl methyl sites for hydroxylation is 1.